The van der Waals surface area contributed by atoms with Crippen LogP contribution in [0.1, 0.15) is 104 Å². The molecule has 0 aliphatic heterocycles. The number of hydrogen-bond donors (Lipinski definition) is 1. The molecule has 0 aromatic heterocycles. The quantitative estimate of drug-likeness (QED) is 0.261. The molecule has 0 aromatic carbocycles. The lowest BCUT2D eigenvalue weighted by Crippen LogP contribution is -1.98. The van der Waals surface area contributed by atoms with Gasteiger partial charge in [-0.05, 0) is 12.8 Å². The van der Waals surface area contributed by atoms with E-state index in [1.54, 1.807) is 0 Å². The van der Waals surface area contributed by atoms with Crippen LogP contribution in [0.3, 0.4) is 0 Å². The van der Waals surface area contributed by atoms with E-state index in [1.807, 2.05) is 0 Å². The maximum Gasteiger partial charge on any atom is 0.00168 e. The van der Waals surface area contributed by atoms with Crippen LogP contribution in [-0.4, -0.2) is 5.25 Å². The van der Waals surface area contributed by atoms with Gasteiger partial charge in [-0.3, -0.25) is 0 Å². The highest BCUT2D eigenvalue weighted by atomic mass is 32.1. The minimum atomic E-state index is 0.669. The fraction of sp³-hybridized carbons (Fsp3) is 1.00. The third-order valence-corrected chi connectivity index (χ3v) is 4.30. The van der Waals surface area contributed by atoms with Gasteiger partial charge < -0.3 is 0 Å². The van der Waals surface area contributed by atoms with Crippen molar-refractivity contribution in [1.29, 1.82) is 0 Å². The third kappa shape index (κ3) is 14.4. The van der Waals surface area contributed by atoms with Crippen LogP contribution < -0.4 is 0 Å². The molecular formula is C17H36S. The van der Waals surface area contributed by atoms with Crippen LogP contribution in [0.5, 0.6) is 0 Å². The van der Waals surface area contributed by atoms with Crippen molar-refractivity contribution in [2.75, 3.05) is 0 Å². The lowest BCUT2D eigenvalue weighted by atomic mass is 10.0. The minimum absolute atomic E-state index is 0.669. The lowest BCUT2D eigenvalue weighted by molar-refractivity contribution is 0.543. The van der Waals surface area contributed by atoms with Crippen LogP contribution in [0.15, 0.2) is 0 Å². The van der Waals surface area contributed by atoms with Crippen molar-refractivity contribution in [2.24, 2.45) is 0 Å². The van der Waals surface area contributed by atoms with Gasteiger partial charge in [-0.1, -0.05) is 90.9 Å². The predicted octanol–water partition coefficient (Wildman–Crippen LogP) is 6.79. The van der Waals surface area contributed by atoms with Crippen LogP contribution in [0.2, 0.25) is 0 Å². The molecule has 0 heterocycles. The summed E-state index contributed by atoms with van der Waals surface area (Å²) in [4.78, 5) is 0. The van der Waals surface area contributed by atoms with Gasteiger partial charge in [-0.15, -0.1) is 0 Å². The Bertz CT molecular complexity index is 129. The fourth-order valence-corrected chi connectivity index (χ4v) is 2.83. The second-order valence-electron chi connectivity index (χ2n) is 5.77. The smallest absolute Gasteiger partial charge is 0.00168 e. The summed E-state index contributed by atoms with van der Waals surface area (Å²) in [5.74, 6) is 0. The average Bonchev–Trinajstić information content (AvgIpc) is 2.38. The number of unbranched alkanes of at least 4 members (excludes halogenated alkanes) is 10. The first kappa shape index (κ1) is 18.4. The zero-order valence-electron chi connectivity index (χ0n) is 12.9. The van der Waals surface area contributed by atoms with Crippen molar-refractivity contribution in [2.45, 2.75) is 109 Å². The molecule has 0 unspecified atom stereocenters. The molecule has 110 valence electrons. The van der Waals surface area contributed by atoms with Crippen molar-refractivity contribution in [3.63, 3.8) is 0 Å². The van der Waals surface area contributed by atoms with Crippen LogP contribution in [0.4, 0.5) is 0 Å². The third-order valence-electron chi connectivity index (χ3n) is 3.78. The first-order chi connectivity index (χ1) is 8.81. The normalized spacial score (nSPS) is 11.3. The highest BCUT2D eigenvalue weighted by Gasteiger charge is 2.02. The Balaban J connectivity index is 3.10. The van der Waals surface area contributed by atoms with E-state index in [0.29, 0.717) is 5.25 Å². The molecule has 0 nitrogen and oxygen atoms in total. The van der Waals surface area contributed by atoms with Gasteiger partial charge in [0.15, 0.2) is 0 Å². The Hall–Kier alpha value is 0.350. The van der Waals surface area contributed by atoms with Gasteiger partial charge >= 0.3 is 0 Å². The summed E-state index contributed by atoms with van der Waals surface area (Å²) >= 11 is 4.72. The minimum Gasteiger partial charge on any atom is -0.176 e. The van der Waals surface area contributed by atoms with Gasteiger partial charge in [-0.2, -0.15) is 12.6 Å². The first-order valence-electron chi connectivity index (χ1n) is 8.49. The molecule has 0 spiro atoms. The summed E-state index contributed by atoms with van der Waals surface area (Å²) in [6, 6.07) is 0. The molecule has 0 aromatic rings. The average molecular weight is 273 g/mol. The van der Waals surface area contributed by atoms with Crippen LogP contribution in [0, 0.1) is 0 Å². The first-order valence-corrected chi connectivity index (χ1v) is 9.01. The molecule has 18 heavy (non-hydrogen) atoms. The van der Waals surface area contributed by atoms with Gasteiger partial charge in [0, 0.05) is 5.25 Å². The summed E-state index contributed by atoms with van der Waals surface area (Å²) in [5, 5.41) is 0.669. The van der Waals surface area contributed by atoms with Crippen molar-refractivity contribution in [3.8, 4) is 0 Å². The number of hydrogen-bond acceptors (Lipinski definition) is 1. The number of thiol groups is 1. The van der Waals surface area contributed by atoms with Crippen molar-refractivity contribution >= 4 is 12.6 Å². The molecular weight excluding hydrogens is 236 g/mol. The van der Waals surface area contributed by atoms with Crippen LogP contribution in [0.25, 0.3) is 0 Å². The van der Waals surface area contributed by atoms with E-state index in [9.17, 15) is 0 Å². The zero-order chi connectivity index (χ0) is 13.5. The largest absolute Gasteiger partial charge is 0.176 e. The standard InChI is InChI=1S/C17H36S/c1-3-5-7-9-11-13-15-17(18)16-14-12-10-8-6-4-2/h17-18H,3-16H2,1-2H3. The molecule has 0 saturated carbocycles. The Labute approximate surface area is 122 Å². The Morgan fingerprint density at radius 2 is 0.889 bits per heavy atom. The summed E-state index contributed by atoms with van der Waals surface area (Å²) < 4.78 is 0. The van der Waals surface area contributed by atoms with Gasteiger partial charge in [-0.25, -0.2) is 0 Å². The van der Waals surface area contributed by atoms with Crippen molar-refractivity contribution < 1.29 is 0 Å². The summed E-state index contributed by atoms with van der Waals surface area (Å²) in [6.07, 6.45) is 19.6. The van der Waals surface area contributed by atoms with Gasteiger partial charge in [0.1, 0.15) is 0 Å². The zero-order valence-corrected chi connectivity index (χ0v) is 13.8. The van der Waals surface area contributed by atoms with Crippen LogP contribution >= 0.6 is 12.6 Å². The molecule has 0 aliphatic rings. The van der Waals surface area contributed by atoms with Gasteiger partial charge in [0.25, 0.3) is 0 Å². The summed E-state index contributed by atoms with van der Waals surface area (Å²) in [6.45, 7) is 4.56. The lowest BCUT2D eigenvalue weighted by Gasteiger charge is -2.10. The second-order valence-corrected chi connectivity index (χ2v) is 6.50. The topological polar surface area (TPSA) is 0 Å². The van der Waals surface area contributed by atoms with Gasteiger partial charge in [0.05, 0.1) is 0 Å². The summed E-state index contributed by atoms with van der Waals surface area (Å²) in [7, 11) is 0. The van der Waals surface area contributed by atoms with Crippen molar-refractivity contribution in [3.05, 3.63) is 0 Å². The van der Waals surface area contributed by atoms with Crippen molar-refractivity contribution in [1.82, 2.24) is 0 Å². The SMILES string of the molecule is CCCCCCCCC(S)CCCCCCCC. The van der Waals surface area contributed by atoms with E-state index in [1.165, 1.54) is 89.9 Å². The predicted molar refractivity (Wildman–Crippen MR) is 88.8 cm³/mol. The molecule has 0 aliphatic carbocycles. The Morgan fingerprint density at radius 1 is 0.556 bits per heavy atom. The molecule has 0 radical (unpaired) electrons. The van der Waals surface area contributed by atoms with E-state index in [-0.39, 0.29) is 0 Å². The van der Waals surface area contributed by atoms with E-state index >= 15 is 0 Å². The Morgan fingerprint density at radius 3 is 1.28 bits per heavy atom. The fourth-order valence-electron chi connectivity index (χ4n) is 2.46. The molecule has 0 N–H and O–H groups in total. The van der Waals surface area contributed by atoms with E-state index in [0.717, 1.165) is 0 Å². The van der Waals surface area contributed by atoms with Gasteiger partial charge in [0.2, 0.25) is 0 Å². The van der Waals surface area contributed by atoms with E-state index in [2.05, 4.69) is 13.8 Å². The molecule has 0 saturated heterocycles. The number of rotatable bonds is 14. The monoisotopic (exact) mass is 272 g/mol. The molecule has 1 heteroatoms. The maximum absolute atomic E-state index is 4.72. The second kappa shape index (κ2) is 15.4. The molecule has 0 fully saturated rings. The highest BCUT2D eigenvalue weighted by molar-refractivity contribution is 7.80. The maximum atomic E-state index is 4.72. The van der Waals surface area contributed by atoms with Crippen LogP contribution in [-0.2, 0) is 0 Å². The molecule has 0 bridgehead atoms. The molecule has 0 rings (SSSR count). The molecule has 0 amide bonds. The van der Waals surface area contributed by atoms with E-state index < -0.39 is 0 Å². The van der Waals surface area contributed by atoms with E-state index in [4.69, 9.17) is 12.6 Å². The highest BCUT2D eigenvalue weighted by Crippen LogP contribution is 2.17. The summed E-state index contributed by atoms with van der Waals surface area (Å²) in [5.41, 5.74) is 0. The Kier molecular flexibility index (Phi) is 15.7. The molecule has 0 atom stereocenters.